The summed E-state index contributed by atoms with van der Waals surface area (Å²) in [5.41, 5.74) is 1.28. The van der Waals surface area contributed by atoms with Gasteiger partial charge in [-0.15, -0.1) is 6.58 Å². The molecular formula is C15H20O. The molecule has 16 heavy (non-hydrogen) atoms. The Bertz CT molecular complexity index is 337. The average molecular weight is 216 g/mol. The normalized spacial score (nSPS) is 17.0. The number of hydrogen-bond acceptors (Lipinski definition) is 1. The topological polar surface area (TPSA) is 9.23 Å². The highest BCUT2D eigenvalue weighted by atomic mass is 16.5. The second-order valence-electron chi connectivity index (χ2n) is 4.52. The van der Waals surface area contributed by atoms with Crippen molar-refractivity contribution in [3.8, 4) is 5.75 Å². The van der Waals surface area contributed by atoms with Crippen molar-refractivity contribution < 1.29 is 4.74 Å². The van der Waals surface area contributed by atoms with Crippen molar-refractivity contribution in [2.75, 3.05) is 0 Å². The van der Waals surface area contributed by atoms with Gasteiger partial charge >= 0.3 is 0 Å². The van der Waals surface area contributed by atoms with Gasteiger partial charge < -0.3 is 4.74 Å². The molecule has 1 fully saturated rings. The summed E-state index contributed by atoms with van der Waals surface area (Å²) in [7, 11) is 0. The lowest BCUT2D eigenvalue weighted by Gasteiger charge is -2.23. The van der Waals surface area contributed by atoms with Crippen LogP contribution in [-0.4, -0.2) is 6.10 Å². The summed E-state index contributed by atoms with van der Waals surface area (Å²) >= 11 is 0. The molecule has 0 radical (unpaired) electrons. The predicted octanol–water partition coefficient (Wildman–Crippen LogP) is 4.13. The highest BCUT2D eigenvalue weighted by molar-refractivity contribution is 5.29. The number of rotatable bonds is 4. The van der Waals surface area contributed by atoms with Crippen LogP contribution >= 0.6 is 0 Å². The highest BCUT2D eigenvalue weighted by Crippen LogP contribution is 2.23. The molecule has 0 aromatic heterocycles. The van der Waals surface area contributed by atoms with Crippen LogP contribution in [0.15, 0.2) is 36.9 Å². The molecule has 0 unspecified atom stereocenters. The van der Waals surface area contributed by atoms with E-state index in [0.29, 0.717) is 6.10 Å². The molecule has 0 spiro atoms. The zero-order chi connectivity index (χ0) is 11.2. The predicted molar refractivity (Wildman–Crippen MR) is 67.8 cm³/mol. The molecular weight excluding hydrogens is 196 g/mol. The van der Waals surface area contributed by atoms with Crippen molar-refractivity contribution in [1.29, 1.82) is 0 Å². The molecule has 0 amide bonds. The second kappa shape index (κ2) is 5.74. The third-order valence-corrected chi connectivity index (χ3v) is 3.13. The first-order chi connectivity index (χ1) is 7.88. The smallest absolute Gasteiger partial charge is 0.120 e. The summed E-state index contributed by atoms with van der Waals surface area (Å²) in [5.74, 6) is 1.02. The summed E-state index contributed by atoms with van der Waals surface area (Å²) in [5, 5.41) is 0. The number of ether oxygens (including phenoxy) is 1. The fourth-order valence-corrected chi connectivity index (χ4v) is 2.29. The third-order valence-electron chi connectivity index (χ3n) is 3.13. The first-order valence-corrected chi connectivity index (χ1v) is 6.25. The van der Waals surface area contributed by atoms with E-state index in [2.05, 4.69) is 30.8 Å². The lowest BCUT2D eigenvalue weighted by Crippen LogP contribution is -2.19. The van der Waals surface area contributed by atoms with Gasteiger partial charge in [0.25, 0.3) is 0 Å². The molecule has 0 atom stereocenters. The van der Waals surface area contributed by atoms with Gasteiger partial charge in [-0.1, -0.05) is 24.6 Å². The molecule has 1 aliphatic rings. The first-order valence-electron chi connectivity index (χ1n) is 6.25. The standard InChI is InChI=1S/C15H20O/c1-2-7-13-8-6-11-15(12-13)16-14-9-4-3-5-10-14/h2,6,8,11-12,14H,1,3-5,7,9-10H2. The van der Waals surface area contributed by atoms with Crippen LogP contribution in [0, 0.1) is 0 Å². The fraction of sp³-hybridized carbons (Fsp3) is 0.467. The van der Waals surface area contributed by atoms with E-state index in [-0.39, 0.29) is 0 Å². The van der Waals surface area contributed by atoms with Crippen LogP contribution in [0.2, 0.25) is 0 Å². The molecule has 1 heteroatoms. The van der Waals surface area contributed by atoms with Crippen molar-refractivity contribution >= 4 is 0 Å². The van der Waals surface area contributed by atoms with E-state index in [9.17, 15) is 0 Å². The maximum Gasteiger partial charge on any atom is 0.120 e. The molecule has 0 aliphatic heterocycles. The Kier molecular flexibility index (Phi) is 4.03. The number of hydrogen-bond donors (Lipinski definition) is 0. The lowest BCUT2D eigenvalue weighted by molar-refractivity contribution is 0.155. The van der Waals surface area contributed by atoms with Crippen molar-refractivity contribution in [2.45, 2.75) is 44.6 Å². The molecule has 0 N–H and O–H groups in total. The Morgan fingerprint density at radius 1 is 1.25 bits per heavy atom. The minimum atomic E-state index is 0.438. The number of benzene rings is 1. The summed E-state index contributed by atoms with van der Waals surface area (Å²) in [6.07, 6.45) is 9.72. The van der Waals surface area contributed by atoms with Gasteiger partial charge in [0.05, 0.1) is 6.10 Å². The minimum Gasteiger partial charge on any atom is -0.490 e. The molecule has 0 bridgehead atoms. The van der Waals surface area contributed by atoms with Gasteiger partial charge in [-0.2, -0.15) is 0 Å². The molecule has 0 heterocycles. The summed E-state index contributed by atoms with van der Waals surface area (Å²) < 4.78 is 6.01. The van der Waals surface area contributed by atoms with E-state index in [1.54, 1.807) is 0 Å². The Morgan fingerprint density at radius 3 is 2.81 bits per heavy atom. The van der Waals surface area contributed by atoms with Crippen molar-refractivity contribution in [3.05, 3.63) is 42.5 Å². The molecule has 1 nitrogen and oxygen atoms in total. The zero-order valence-corrected chi connectivity index (χ0v) is 9.82. The SMILES string of the molecule is C=CCc1cccc(OC2CCCCC2)c1. The maximum atomic E-state index is 6.01. The third kappa shape index (κ3) is 3.13. The van der Waals surface area contributed by atoms with Crippen LogP contribution in [0.3, 0.4) is 0 Å². The Labute approximate surface area is 98.1 Å². The van der Waals surface area contributed by atoms with E-state index >= 15 is 0 Å². The van der Waals surface area contributed by atoms with Gasteiger partial charge in [-0.05, 0) is 49.8 Å². The largest absolute Gasteiger partial charge is 0.490 e. The highest BCUT2D eigenvalue weighted by Gasteiger charge is 2.14. The van der Waals surface area contributed by atoms with Gasteiger partial charge in [-0.3, -0.25) is 0 Å². The maximum absolute atomic E-state index is 6.01. The lowest BCUT2D eigenvalue weighted by atomic mass is 9.98. The number of allylic oxidation sites excluding steroid dienone is 1. The molecule has 1 aromatic rings. The second-order valence-corrected chi connectivity index (χ2v) is 4.52. The molecule has 1 saturated carbocycles. The van der Waals surface area contributed by atoms with E-state index in [1.807, 2.05) is 6.08 Å². The molecule has 1 aromatic carbocycles. The van der Waals surface area contributed by atoms with E-state index < -0.39 is 0 Å². The van der Waals surface area contributed by atoms with Crippen molar-refractivity contribution in [2.24, 2.45) is 0 Å². The molecule has 2 rings (SSSR count). The summed E-state index contributed by atoms with van der Waals surface area (Å²) in [4.78, 5) is 0. The fourth-order valence-electron chi connectivity index (χ4n) is 2.29. The monoisotopic (exact) mass is 216 g/mol. The molecule has 0 saturated heterocycles. The average Bonchev–Trinajstić information content (AvgIpc) is 2.31. The molecule has 1 aliphatic carbocycles. The Morgan fingerprint density at radius 2 is 2.06 bits per heavy atom. The van der Waals surface area contributed by atoms with Gasteiger partial charge in [0, 0.05) is 0 Å². The van der Waals surface area contributed by atoms with Gasteiger partial charge in [-0.25, -0.2) is 0 Å². The molecule has 86 valence electrons. The quantitative estimate of drug-likeness (QED) is 0.688. The van der Waals surface area contributed by atoms with E-state index in [1.165, 1.54) is 37.7 Å². The van der Waals surface area contributed by atoms with Crippen molar-refractivity contribution in [3.63, 3.8) is 0 Å². The van der Waals surface area contributed by atoms with E-state index in [0.717, 1.165) is 12.2 Å². The van der Waals surface area contributed by atoms with Gasteiger partial charge in [0.2, 0.25) is 0 Å². The summed E-state index contributed by atoms with van der Waals surface area (Å²) in [6.45, 7) is 3.76. The Balaban J connectivity index is 1.97. The minimum absolute atomic E-state index is 0.438. The first kappa shape index (κ1) is 11.3. The van der Waals surface area contributed by atoms with E-state index in [4.69, 9.17) is 4.74 Å². The van der Waals surface area contributed by atoms with Crippen LogP contribution in [0.25, 0.3) is 0 Å². The van der Waals surface area contributed by atoms with Gasteiger partial charge in [0.1, 0.15) is 5.75 Å². The van der Waals surface area contributed by atoms with Crippen LogP contribution in [0.4, 0.5) is 0 Å². The van der Waals surface area contributed by atoms with Crippen LogP contribution < -0.4 is 4.74 Å². The van der Waals surface area contributed by atoms with Crippen molar-refractivity contribution in [1.82, 2.24) is 0 Å². The Hall–Kier alpha value is -1.24. The van der Waals surface area contributed by atoms with Crippen LogP contribution in [0.1, 0.15) is 37.7 Å². The van der Waals surface area contributed by atoms with Crippen LogP contribution in [-0.2, 0) is 6.42 Å². The van der Waals surface area contributed by atoms with Gasteiger partial charge in [0.15, 0.2) is 0 Å². The zero-order valence-electron chi connectivity index (χ0n) is 9.82. The van der Waals surface area contributed by atoms with Crippen LogP contribution in [0.5, 0.6) is 5.75 Å². The summed E-state index contributed by atoms with van der Waals surface area (Å²) in [6, 6.07) is 8.38.